The molecule has 1 aliphatic heterocycles. The Morgan fingerprint density at radius 2 is 1.57 bits per heavy atom. The molecule has 0 spiro atoms. The summed E-state index contributed by atoms with van der Waals surface area (Å²) in [6.45, 7) is -0.354. The van der Waals surface area contributed by atoms with E-state index in [9.17, 15) is 41.1 Å². The van der Waals surface area contributed by atoms with Crippen LogP contribution in [0.15, 0.2) is 0 Å². The van der Waals surface area contributed by atoms with Crippen LogP contribution >= 0.6 is 11.8 Å². The summed E-state index contributed by atoms with van der Waals surface area (Å²) in [6, 6.07) is 0. The second-order valence-corrected chi connectivity index (χ2v) is 7.51. The highest BCUT2D eigenvalue weighted by molar-refractivity contribution is 8.14. The van der Waals surface area contributed by atoms with Crippen LogP contribution in [0.4, 0.5) is 26.7 Å². The van der Waals surface area contributed by atoms with Crippen molar-refractivity contribution in [3.05, 3.63) is 29.1 Å². The first kappa shape index (κ1) is 22.0. The van der Waals surface area contributed by atoms with Crippen molar-refractivity contribution in [3.8, 4) is 5.75 Å². The van der Waals surface area contributed by atoms with Gasteiger partial charge in [-0.25, -0.2) is 13.2 Å². The van der Waals surface area contributed by atoms with Gasteiger partial charge in [-0.3, -0.25) is 24.1 Å². The lowest BCUT2D eigenvalue weighted by molar-refractivity contribution is -0.160. The van der Waals surface area contributed by atoms with Crippen LogP contribution in [0.1, 0.15) is 19.3 Å². The van der Waals surface area contributed by atoms with Crippen molar-refractivity contribution in [2.24, 2.45) is 5.41 Å². The van der Waals surface area contributed by atoms with Crippen LogP contribution in [0, 0.1) is 34.5 Å². The van der Waals surface area contributed by atoms with Crippen LogP contribution < -0.4 is 10.1 Å². The number of rotatable bonds is 6. The Morgan fingerprint density at radius 1 is 1.00 bits per heavy atom. The first-order valence-electron chi connectivity index (χ1n) is 8.59. The predicted molar refractivity (Wildman–Crippen MR) is 90.7 cm³/mol. The van der Waals surface area contributed by atoms with Gasteiger partial charge in [-0.1, -0.05) is 18.2 Å². The maximum Gasteiger partial charge on any atom is 0.327 e. The monoisotopic (exact) mass is 452 g/mol. The minimum Gasteiger partial charge on any atom is -0.419 e. The van der Waals surface area contributed by atoms with Crippen LogP contribution in [-0.2, 0) is 14.4 Å². The maximum atomic E-state index is 13.8. The Bertz CT molecular complexity index is 908. The number of halogens is 5. The van der Waals surface area contributed by atoms with E-state index in [0.717, 1.165) is 16.7 Å². The number of hydrogen-bond donors (Lipinski definition) is 1. The van der Waals surface area contributed by atoms with E-state index in [1.807, 2.05) is 0 Å². The van der Waals surface area contributed by atoms with E-state index >= 15 is 0 Å². The van der Waals surface area contributed by atoms with E-state index in [-0.39, 0.29) is 31.7 Å². The number of thioether (sulfide) groups is 1. The molecule has 1 heterocycles. The number of amides is 3. The molecule has 7 nitrogen and oxygen atoms in total. The Hall–Kier alpha value is -2.70. The summed E-state index contributed by atoms with van der Waals surface area (Å²) in [5.74, 6) is -16.3. The number of imide groups is 1. The van der Waals surface area contributed by atoms with E-state index in [0.29, 0.717) is 6.42 Å². The Kier molecular flexibility index (Phi) is 6.01. The summed E-state index contributed by atoms with van der Waals surface area (Å²) < 4.78 is 71.6. The summed E-state index contributed by atoms with van der Waals surface area (Å²) in [7, 11) is 0. The smallest absolute Gasteiger partial charge is 0.327 e. The van der Waals surface area contributed by atoms with Crippen LogP contribution in [0.25, 0.3) is 0 Å². The van der Waals surface area contributed by atoms with Gasteiger partial charge in [-0.2, -0.15) is 8.78 Å². The third-order valence-electron chi connectivity index (χ3n) is 4.86. The van der Waals surface area contributed by atoms with Crippen molar-refractivity contribution in [1.29, 1.82) is 0 Å². The summed E-state index contributed by atoms with van der Waals surface area (Å²) in [4.78, 5) is 48.8. The lowest BCUT2D eigenvalue weighted by Crippen LogP contribution is -2.54. The zero-order valence-electron chi connectivity index (χ0n) is 15.0. The van der Waals surface area contributed by atoms with Gasteiger partial charge in [-0.15, -0.1) is 0 Å². The van der Waals surface area contributed by atoms with Crippen LogP contribution in [0.2, 0.25) is 0 Å². The zero-order chi connectivity index (χ0) is 22.2. The standard InChI is InChI=1S/C17H13F5N2O5S/c18-8-9(19)11(21)13(12(22)10(8)20)29-15(27)17(2-1-3-17)14(26)23-4-5-24-7(25)6-30-16(24)28/h1-6H2,(H,23,26). The molecule has 0 unspecified atom stereocenters. The highest BCUT2D eigenvalue weighted by Gasteiger charge is 2.53. The molecule has 1 aliphatic carbocycles. The van der Waals surface area contributed by atoms with Crippen molar-refractivity contribution < 1.29 is 45.9 Å². The topological polar surface area (TPSA) is 92.8 Å². The summed E-state index contributed by atoms with van der Waals surface area (Å²) >= 11 is 0.797. The number of carbonyl (C=O) groups excluding carboxylic acids is 4. The third-order valence-corrected chi connectivity index (χ3v) is 5.72. The molecule has 1 saturated heterocycles. The lowest BCUT2D eigenvalue weighted by atomic mass is 9.68. The molecule has 0 bridgehead atoms. The molecular weight excluding hydrogens is 439 g/mol. The highest BCUT2D eigenvalue weighted by atomic mass is 32.2. The van der Waals surface area contributed by atoms with E-state index in [4.69, 9.17) is 0 Å². The Morgan fingerprint density at radius 3 is 2.03 bits per heavy atom. The summed E-state index contributed by atoms with van der Waals surface area (Å²) in [5, 5.41) is 1.84. The van der Waals surface area contributed by atoms with E-state index in [1.54, 1.807) is 0 Å². The van der Waals surface area contributed by atoms with Crippen molar-refractivity contribution in [3.63, 3.8) is 0 Å². The molecule has 0 radical (unpaired) electrons. The number of nitrogens with one attached hydrogen (secondary N) is 1. The number of hydrogen-bond acceptors (Lipinski definition) is 6. The number of nitrogens with zero attached hydrogens (tertiary/aromatic N) is 1. The van der Waals surface area contributed by atoms with Crippen LogP contribution in [0.5, 0.6) is 5.75 Å². The van der Waals surface area contributed by atoms with Gasteiger partial charge in [0.2, 0.25) is 46.6 Å². The molecule has 0 atom stereocenters. The normalized spacial score (nSPS) is 17.7. The molecule has 1 aromatic carbocycles. The second-order valence-electron chi connectivity index (χ2n) is 6.58. The van der Waals surface area contributed by atoms with E-state index in [2.05, 4.69) is 10.1 Å². The molecule has 30 heavy (non-hydrogen) atoms. The van der Waals surface area contributed by atoms with Gasteiger partial charge in [0.15, 0.2) is 0 Å². The molecule has 1 aromatic rings. The fourth-order valence-electron chi connectivity index (χ4n) is 2.97. The minimum atomic E-state index is -2.41. The lowest BCUT2D eigenvalue weighted by Gasteiger charge is -2.37. The van der Waals surface area contributed by atoms with Crippen molar-refractivity contribution in [1.82, 2.24) is 10.2 Å². The van der Waals surface area contributed by atoms with Gasteiger partial charge in [0.1, 0.15) is 5.41 Å². The first-order valence-corrected chi connectivity index (χ1v) is 9.58. The molecule has 1 saturated carbocycles. The van der Waals surface area contributed by atoms with Gasteiger partial charge < -0.3 is 10.1 Å². The maximum absolute atomic E-state index is 13.8. The fraction of sp³-hybridized carbons (Fsp3) is 0.412. The third kappa shape index (κ3) is 3.61. The average molecular weight is 452 g/mol. The molecule has 3 rings (SSSR count). The molecular formula is C17H13F5N2O5S. The number of ether oxygens (including phenoxy) is 1. The zero-order valence-corrected chi connectivity index (χ0v) is 15.8. The van der Waals surface area contributed by atoms with Gasteiger partial charge in [0, 0.05) is 13.1 Å². The van der Waals surface area contributed by atoms with E-state index in [1.165, 1.54) is 0 Å². The predicted octanol–water partition coefficient (Wildman–Crippen LogP) is 2.27. The van der Waals surface area contributed by atoms with Crippen molar-refractivity contribution >= 4 is 34.8 Å². The molecule has 1 N–H and O–H groups in total. The van der Waals surface area contributed by atoms with Gasteiger partial charge in [-0.05, 0) is 12.8 Å². The van der Waals surface area contributed by atoms with E-state index < -0.39 is 63.3 Å². The molecule has 3 amide bonds. The molecule has 0 aromatic heterocycles. The Balaban J connectivity index is 1.70. The largest absolute Gasteiger partial charge is 0.419 e. The van der Waals surface area contributed by atoms with Gasteiger partial charge >= 0.3 is 5.97 Å². The van der Waals surface area contributed by atoms with Crippen molar-refractivity contribution in [2.75, 3.05) is 18.8 Å². The van der Waals surface area contributed by atoms with Crippen LogP contribution in [-0.4, -0.2) is 46.8 Å². The average Bonchev–Trinajstić information content (AvgIpc) is 2.99. The molecule has 13 heteroatoms. The first-order chi connectivity index (χ1) is 14.1. The number of carbonyl (C=O) groups is 4. The summed E-state index contributed by atoms with van der Waals surface area (Å²) in [5.41, 5.74) is -1.88. The van der Waals surface area contributed by atoms with Crippen LogP contribution in [0.3, 0.4) is 0 Å². The molecule has 2 aliphatic rings. The second kappa shape index (κ2) is 8.20. The number of benzene rings is 1. The van der Waals surface area contributed by atoms with Crippen molar-refractivity contribution in [2.45, 2.75) is 19.3 Å². The summed E-state index contributed by atoms with van der Waals surface area (Å²) in [6.07, 6.45) is 0.217. The van der Waals surface area contributed by atoms with Gasteiger partial charge in [0.25, 0.3) is 5.24 Å². The SMILES string of the molecule is O=C1CSC(=O)N1CCNC(=O)C1(C(=O)Oc2c(F)c(F)c(F)c(F)c2F)CCC1. The molecule has 162 valence electrons. The fourth-order valence-corrected chi connectivity index (χ4v) is 3.72. The molecule has 2 fully saturated rings. The Labute approximate surface area is 169 Å². The quantitative estimate of drug-likeness (QED) is 0.178. The minimum absolute atomic E-state index is 0.0229. The number of esters is 1. The van der Waals surface area contributed by atoms with Gasteiger partial charge in [0.05, 0.1) is 5.75 Å². The highest BCUT2D eigenvalue weighted by Crippen LogP contribution is 2.43.